The monoisotopic (exact) mass is 796 g/mol. The minimum Gasteiger partial charge on any atom is -0.367 e. The molecular weight excluding hydrogens is 785 g/mol. The van der Waals surface area contributed by atoms with Crippen LogP contribution < -0.4 is 16.1 Å². The predicted molar refractivity (Wildman–Crippen MR) is 165 cm³/mol. The van der Waals surface area contributed by atoms with E-state index < -0.39 is 154 Å². The molecule has 0 atom stereocenters. The minimum atomic E-state index is -2.58. The Balaban J connectivity index is 1.64. The van der Waals surface area contributed by atoms with E-state index in [-0.39, 0.29) is 5.56 Å². The normalized spacial score (nSPS) is 14.1. The molecule has 4 nitrogen and oxygen atoms in total. The molecule has 0 radical (unpaired) electrons. The van der Waals surface area contributed by atoms with Gasteiger partial charge in [0, 0.05) is 51.8 Å². The zero-order valence-corrected chi connectivity index (χ0v) is 26.8. The van der Waals surface area contributed by atoms with Gasteiger partial charge in [-0.3, -0.25) is 4.40 Å². The first-order chi connectivity index (χ1) is 26.6. The van der Waals surface area contributed by atoms with Gasteiger partial charge in [0.1, 0.15) is 5.49 Å². The van der Waals surface area contributed by atoms with Crippen LogP contribution in [0.25, 0.3) is 33.9 Å². The van der Waals surface area contributed by atoms with Crippen LogP contribution in [-0.2, 0) is 0 Å². The molecule has 2 N–H and O–H groups in total. The quantitative estimate of drug-likeness (QED) is 0.100. The fourth-order valence-electron chi connectivity index (χ4n) is 6.61. The molecule has 1 aliphatic rings. The standard InChI is InChI=1S/C37H11F15N4/c38-22-19(23(39)29(45)34(50)28(22)44)16(10-5-7-53-9-10)14-3-4-15-17(20-24(40)30(46)35(51)31(47)25(20)41)11-8-13(55-37(11)56(14)15)18(12-2-1-6-54-12)21-26(42)32(48)36(52)33(49)27(21)43/h1-9,53-54H/b16-14+,18-13-. The number of hydrogen-bond donors (Lipinski definition) is 2. The summed E-state index contributed by atoms with van der Waals surface area (Å²) >= 11 is 0. The van der Waals surface area contributed by atoms with E-state index in [4.69, 9.17) is 0 Å². The van der Waals surface area contributed by atoms with Crippen molar-refractivity contribution in [2.45, 2.75) is 0 Å². The average Bonchev–Trinajstić information content (AvgIpc) is 4.04. The molecule has 284 valence electrons. The summed E-state index contributed by atoms with van der Waals surface area (Å²) in [4.78, 5) is 9.20. The fourth-order valence-corrected chi connectivity index (χ4v) is 6.61. The van der Waals surface area contributed by atoms with Crippen molar-refractivity contribution in [3.63, 3.8) is 0 Å². The Morgan fingerprint density at radius 3 is 1.48 bits per heavy atom. The van der Waals surface area contributed by atoms with Crippen LogP contribution in [0, 0.1) is 87.3 Å². The van der Waals surface area contributed by atoms with Crippen LogP contribution >= 0.6 is 0 Å². The van der Waals surface area contributed by atoms with E-state index in [1.807, 2.05) is 0 Å². The second-order valence-electron chi connectivity index (χ2n) is 12.0. The Bertz CT molecular complexity index is 2990. The lowest BCUT2D eigenvalue weighted by molar-refractivity contribution is 0.376. The Hall–Kier alpha value is -6.66. The molecule has 0 unspecified atom stereocenters. The molecule has 19 heteroatoms. The molecule has 4 aromatic heterocycles. The van der Waals surface area contributed by atoms with E-state index >= 15 is 26.3 Å². The molecule has 3 aromatic carbocycles. The summed E-state index contributed by atoms with van der Waals surface area (Å²) in [5.74, 6) is -36.5. The number of aromatic nitrogens is 3. The maximum Gasteiger partial charge on any atom is 0.200 e. The number of rotatable bonds is 5. The Labute approximate surface area is 299 Å². The highest BCUT2D eigenvalue weighted by Gasteiger charge is 2.35. The van der Waals surface area contributed by atoms with Gasteiger partial charge in [-0.05, 0) is 36.4 Å². The van der Waals surface area contributed by atoms with Gasteiger partial charge in [0.15, 0.2) is 69.8 Å². The van der Waals surface area contributed by atoms with Gasteiger partial charge in [-0.2, -0.15) is 0 Å². The first-order valence-corrected chi connectivity index (χ1v) is 15.4. The molecule has 0 saturated heterocycles. The highest BCUT2D eigenvalue weighted by atomic mass is 19.2. The summed E-state index contributed by atoms with van der Waals surface area (Å²) in [7, 11) is 0. The zero-order chi connectivity index (χ0) is 40.2. The molecular formula is C37H11F15N4. The molecule has 56 heavy (non-hydrogen) atoms. The van der Waals surface area contributed by atoms with E-state index in [9.17, 15) is 39.5 Å². The molecule has 5 heterocycles. The number of aromatic amines is 2. The van der Waals surface area contributed by atoms with Crippen LogP contribution in [0.3, 0.4) is 0 Å². The first-order valence-electron chi connectivity index (χ1n) is 15.4. The molecule has 0 aliphatic carbocycles. The molecule has 0 saturated carbocycles. The maximum atomic E-state index is 15.6. The van der Waals surface area contributed by atoms with Crippen molar-refractivity contribution in [1.82, 2.24) is 14.4 Å². The third-order valence-electron chi connectivity index (χ3n) is 9.01. The van der Waals surface area contributed by atoms with E-state index in [1.54, 1.807) is 0 Å². The maximum absolute atomic E-state index is 15.6. The first kappa shape index (κ1) is 36.3. The number of H-pyrrole nitrogens is 2. The van der Waals surface area contributed by atoms with Gasteiger partial charge in [0.2, 0.25) is 17.5 Å². The minimum absolute atomic E-state index is 0.299. The van der Waals surface area contributed by atoms with Crippen LogP contribution in [0.2, 0.25) is 0 Å². The molecule has 0 amide bonds. The van der Waals surface area contributed by atoms with Crippen molar-refractivity contribution in [3.05, 3.63) is 180 Å². The third kappa shape index (κ3) is 4.88. The van der Waals surface area contributed by atoms with Crippen molar-refractivity contribution < 1.29 is 65.9 Å². The van der Waals surface area contributed by atoms with Gasteiger partial charge in [0.25, 0.3) is 0 Å². The molecule has 8 rings (SSSR count). The van der Waals surface area contributed by atoms with Crippen LogP contribution in [0.1, 0.15) is 22.4 Å². The summed E-state index contributed by atoms with van der Waals surface area (Å²) in [6.07, 6.45) is 4.06. The number of benzene rings is 3. The smallest absolute Gasteiger partial charge is 0.200 e. The summed E-state index contributed by atoms with van der Waals surface area (Å²) in [6.45, 7) is 0. The number of halogens is 15. The van der Waals surface area contributed by atoms with Gasteiger partial charge < -0.3 is 9.97 Å². The summed E-state index contributed by atoms with van der Waals surface area (Å²) in [6, 6.07) is 5.20. The fraction of sp³-hybridized carbons (Fsp3) is 0. The Morgan fingerprint density at radius 1 is 0.500 bits per heavy atom. The van der Waals surface area contributed by atoms with Crippen LogP contribution in [-0.4, -0.2) is 14.4 Å². The Morgan fingerprint density at radius 2 is 1.00 bits per heavy atom. The highest BCUT2D eigenvalue weighted by Crippen LogP contribution is 2.38. The second-order valence-corrected chi connectivity index (χ2v) is 12.0. The number of allylic oxidation sites excluding steroid dienone is 1. The summed E-state index contributed by atoms with van der Waals surface area (Å²) in [5, 5.41) is -1.26. The van der Waals surface area contributed by atoms with Crippen molar-refractivity contribution in [2.24, 2.45) is 4.99 Å². The van der Waals surface area contributed by atoms with Gasteiger partial charge in [-0.1, -0.05) is 0 Å². The largest absolute Gasteiger partial charge is 0.367 e. The number of fused-ring (bicyclic) bond motifs is 3. The summed E-state index contributed by atoms with van der Waals surface area (Å²) in [5.41, 5.74) is -10.2. The lowest BCUT2D eigenvalue weighted by Gasteiger charge is -2.13. The lowest BCUT2D eigenvalue weighted by atomic mass is 9.97. The van der Waals surface area contributed by atoms with E-state index in [2.05, 4.69) is 15.0 Å². The van der Waals surface area contributed by atoms with Crippen LogP contribution in [0.15, 0.2) is 59.6 Å². The second kappa shape index (κ2) is 12.7. The molecule has 0 fully saturated rings. The van der Waals surface area contributed by atoms with E-state index in [0.717, 1.165) is 53.3 Å². The van der Waals surface area contributed by atoms with Crippen molar-refractivity contribution >= 4 is 22.7 Å². The van der Waals surface area contributed by atoms with E-state index in [1.165, 1.54) is 6.07 Å². The molecule has 7 aromatic rings. The number of hydrogen-bond acceptors (Lipinski definition) is 1. The zero-order valence-electron chi connectivity index (χ0n) is 26.8. The number of nitrogens with zero attached hydrogens (tertiary/aromatic N) is 2. The predicted octanol–water partition coefficient (Wildman–Crippen LogP) is 8.19. The van der Waals surface area contributed by atoms with Crippen LogP contribution in [0.4, 0.5) is 65.9 Å². The van der Waals surface area contributed by atoms with Gasteiger partial charge in [-0.15, -0.1) is 0 Å². The lowest BCUT2D eigenvalue weighted by Crippen LogP contribution is -2.31. The SMILES string of the molecule is Fc1c(F)c(F)c(/C(=C2/C=c3c(-c4c(F)c(F)c(F)c(F)c4F)c4cc/c(=C(/c5cc[nH]c5)c5c(F)c(F)c(F)c(F)c5F)n4c3=N2)c2ccc[nH]2)c(F)c1F. The third-order valence-corrected chi connectivity index (χ3v) is 9.01. The van der Waals surface area contributed by atoms with Crippen LogP contribution in [0.5, 0.6) is 0 Å². The highest BCUT2D eigenvalue weighted by molar-refractivity contribution is 5.91. The number of nitrogens with one attached hydrogen (secondary N) is 2. The topological polar surface area (TPSA) is 48.4 Å². The average molecular weight is 796 g/mol. The van der Waals surface area contributed by atoms with Gasteiger partial charge >= 0.3 is 0 Å². The molecule has 0 bridgehead atoms. The van der Waals surface area contributed by atoms with Crippen molar-refractivity contribution in [3.8, 4) is 11.1 Å². The van der Waals surface area contributed by atoms with Gasteiger partial charge in [0.05, 0.1) is 33.3 Å². The van der Waals surface area contributed by atoms with Crippen molar-refractivity contribution in [2.75, 3.05) is 0 Å². The Kier molecular flexibility index (Phi) is 8.24. The molecule has 1 aliphatic heterocycles. The van der Waals surface area contributed by atoms with E-state index in [0.29, 0.717) is 0 Å². The van der Waals surface area contributed by atoms with Gasteiger partial charge in [-0.25, -0.2) is 70.8 Å². The summed E-state index contributed by atoms with van der Waals surface area (Å²) < 4.78 is 224. The van der Waals surface area contributed by atoms with Crippen molar-refractivity contribution in [1.29, 1.82) is 0 Å². The molecule has 0 spiro atoms.